The first-order chi connectivity index (χ1) is 11.6. The number of nitrogens with one attached hydrogen (secondary N) is 1. The largest absolute Gasteiger partial charge is 0.481 e. The SMILES string of the molecule is O=C(O)CC1(NC(=O)c2ccc(Oc3ccccc3)o2)CCOC1. The summed E-state index contributed by atoms with van der Waals surface area (Å²) in [6, 6.07) is 12.1. The molecule has 2 aromatic rings. The van der Waals surface area contributed by atoms with Gasteiger partial charge in [0, 0.05) is 12.7 Å². The Morgan fingerprint density at radius 1 is 1.21 bits per heavy atom. The number of carboxylic acid groups (broad SMARTS) is 1. The minimum atomic E-state index is -0.992. The van der Waals surface area contributed by atoms with E-state index < -0.39 is 17.4 Å². The fraction of sp³-hybridized carbons (Fsp3) is 0.294. The third kappa shape index (κ3) is 3.75. The summed E-state index contributed by atoms with van der Waals surface area (Å²) in [5.41, 5.74) is -0.907. The van der Waals surface area contributed by atoms with Crippen LogP contribution in [0.1, 0.15) is 23.4 Å². The zero-order valence-corrected chi connectivity index (χ0v) is 12.9. The molecule has 0 saturated carbocycles. The lowest BCUT2D eigenvalue weighted by atomic mass is 9.94. The second kappa shape index (κ2) is 6.76. The highest BCUT2D eigenvalue weighted by atomic mass is 16.6. The van der Waals surface area contributed by atoms with Crippen molar-refractivity contribution in [1.82, 2.24) is 5.32 Å². The third-order valence-electron chi connectivity index (χ3n) is 3.74. The van der Waals surface area contributed by atoms with Gasteiger partial charge >= 0.3 is 5.97 Å². The van der Waals surface area contributed by atoms with E-state index in [4.69, 9.17) is 19.0 Å². The van der Waals surface area contributed by atoms with Crippen LogP contribution in [0.3, 0.4) is 0 Å². The Hall–Kier alpha value is -2.80. The molecule has 1 amide bonds. The van der Waals surface area contributed by atoms with Gasteiger partial charge in [0.15, 0.2) is 5.76 Å². The van der Waals surface area contributed by atoms with Crippen molar-refractivity contribution in [2.75, 3.05) is 13.2 Å². The summed E-state index contributed by atoms with van der Waals surface area (Å²) in [5, 5.41) is 11.8. The molecule has 0 bridgehead atoms. The molecule has 0 radical (unpaired) electrons. The molecular weight excluding hydrogens is 314 g/mol. The van der Waals surface area contributed by atoms with E-state index in [2.05, 4.69) is 5.32 Å². The Labute approximate surface area is 138 Å². The molecule has 1 aliphatic rings. The van der Waals surface area contributed by atoms with Gasteiger partial charge < -0.3 is 24.3 Å². The Bertz CT molecular complexity index is 718. The Kier molecular flexibility index (Phi) is 4.52. The maximum atomic E-state index is 12.3. The standard InChI is InChI=1S/C17H17NO6/c19-14(20)10-17(8-9-22-11-17)18-16(21)13-6-7-15(24-13)23-12-4-2-1-3-5-12/h1-7H,8-11H2,(H,18,21)(H,19,20). The molecular formula is C17H17NO6. The maximum absolute atomic E-state index is 12.3. The van der Waals surface area contributed by atoms with Gasteiger partial charge in [-0.05, 0) is 24.6 Å². The van der Waals surface area contributed by atoms with Crippen molar-refractivity contribution in [3.05, 3.63) is 48.2 Å². The van der Waals surface area contributed by atoms with E-state index in [-0.39, 0.29) is 24.7 Å². The summed E-state index contributed by atoms with van der Waals surface area (Å²) in [4.78, 5) is 23.4. The molecule has 1 atom stereocenters. The Morgan fingerprint density at radius 2 is 2.00 bits per heavy atom. The monoisotopic (exact) mass is 331 g/mol. The molecule has 0 aliphatic carbocycles. The molecule has 1 unspecified atom stereocenters. The van der Waals surface area contributed by atoms with Crippen molar-refractivity contribution >= 4 is 11.9 Å². The number of amides is 1. The van der Waals surface area contributed by atoms with E-state index >= 15 is 0 Å². The van der Waals surface area contributed by atoms with Crippen LogP contribution in [-0.2, 0) is 9.53 Å². The summed E-state index contributed by atoms with van der Waals surface area (Å²) in [5.74, 6) is -0.665. The van der Waals surface area contributed by atoms with E-state index in [1.54, 1.807) is 12.1 Å². The first-order valence-electron chi connectivity index (χ1n) is 7.51. The number of furan rings is 1. The average Bonchev–Trinajstić information content (AvgIpc) is 3.18. The highest BCUT2D eigenvalue weighted by Crippen LogP contribution is 2.26. The molecule has 2 heterocycles. The molecule has 7 nitrogen and oxygen atoms in total. The number of hydrogen-bond donors (Lipinski definition) is 2. The van der Waals surface area contributed by atoms with Crippen LogP contribution in [0.5, 0.6) is 11.7 Å². The molecule has 1 saturated heterocycles. The van der Waals surface area contributed by atoms with Gasteiger partial charge in [-0.3, -0.25) is 9.59 Å². The average molecular weight is 331 g/mol. The second-order valence-electron chi connectivity index (χ2n) is 5.64. The fourth-order valence-corrected chi connectivity index (χ4v) is 2.58. The van der Waals surface area contributed by atoms with Gasteiger partial charge in [-0.2, -0.15) is 0 Å². The highest BCUT2D eigenvalue weighted by Gasteiger charge is 2.39. The molecule has 1 fully saturated rings. The topological polar surface area (TPSA) is 98.0 Å². The van der Waals surface area contributed by atoms with E-state index in [1.165, 1.54) is 12.1 Å². The van der Waals surface area contributed by atoms with Crippen LogP contribution in [0.15, 0.2) is 46.9 Å². The molecule has 126 valence electrons. The second-order valence-corrected chi connectivity index (χ2v) is 5.64. The van der Waals surface area contributed by atoms with Crippen molar-refractivity contribution in [2.24, 2.45) is 0 Å². The fourth-order valence-electron chi connectivity index (χ4n) is 2.58. The molecule has 1 aliphatic heterocycles. The predicted molar refractivity (Wildman–Crippen MR) is 83.1 cm³/mol. The lowest BCUT2D eigenvalue weighted by Crippen LogP contribution is -2.50. The summed E-state index contributed by atoms with van der Waals surface area (Å²) < 4.78 is 16.1. The quantitative estimate of drug-likeness (QED) is 0.843. The number of carbonyl (C=O) groups is 2. The molecule has 2 N–H and O–H groups in total. The number of ether oxygens (including phenoxy) is 2. The summed E-state index contributed by atoms with van der Waals surface area (Å²) in [6.45, 7) is 0.577. The predicted octanol–water partition coefficient (Wildman–Crippen LogP) is 2.44. The van der Waals surface area contributed by atoms with E-state index in [0.29, 0.717) is 18.8 Å². The number of hydrogen-bond acceptors (Lipinski definition) is 5. The van der Waals surface area contributed by atoms with Crippen LogP contribution in [0.25, 0.3) is 0 Å². The lowest BCUT2D eigenvalue weighted by molar-refractivity contribution is -0.138. The first kappa shape index (κ1) is 16.1. The smallest absolute Gasteiger partial charge is 0.305 e. The van der Waals surface area contributed by atoms with Gasteiger partial charge in [0.05, 0.1) is 18.6 Å². The van der Waals surface area contributed by atoms with Crippen LogP contribution in [0.4, 0.5) is 0 Å². The Balaban J connectivity index is 1.68. The van der Waals surface area contributed by atoms with Gasteiger partial charge in [0.1, 0.15) is 5.75 Å². The number of carboxylic acids is 1. The van der Waals surface area contributed by atoms with Crippen molar-refractivity contribution < 1.29 is 28.6 Å². The first-order valence-corrected chi connectivity index (χ1v) is 7.51. The maximum Gasteiger partial charge on any atom is 0.305 e. The molecule has 3 rings (SSSR count). The van der Waals surface area contributed by atoms with E-state index in [1.807, 2.05) is 18.2 Å². The molecule has 24 heavy (non-hydrogen) atoms. The van der Waals surface area contributed by atoms with Gasteiger partial charge in [-0.25, -0.2) is 0 Å². The van der Waals surface area contributed by atoms with Crippen molar-refractivity contribution in [3.63, 3.8) is 0 Å². The third-order valence-corrected chi connectivity index (χ3v) is 3.74. The van der Waals surface area contributed by atoms with Gasteiger partial charge in [0.25, 0.3) is 11.9 Å². The summed E-state index contributed by atoms with van der Waals surface area (Å²) in [6.07, 6.45) is 0.242. The number of rotatable bonds is 6. The lowest BCUT2D eigenvalue weighted by Gasteiger charge is -2.26. The molecule has 7 heteroatoms. The van der Waals surface area contributed by atoms with E-state index in [0.717, 1.165) is 0 Å². The van der Waals surface area contributed by atoms with Crippen LogP contribution < -0.4 is 10.1 Å². The van der Waals surface area contributed by atoms with Gasteiger partial charge in [-0.15, -0.1) is 0 Å². The van der Waals surface area contributed by atoms with Gasteiger partial charge in [-0.1, -0.05) is 18.2 Å². The molecule has 1 aromatic heterocycles. The van der Waals surface area contributed by atoms with Crippen LogP contribution in [0, 0.1) is 0 Å². The zero-order valence-electron chi connectivity index (χ0n) is 12.9. The van der Waals surface area contributed by atoms with E-state index in [9.17, 15) is 9.59 Å². The number of benzene rings is 1. The zero-order chi connectivity index (χ0) is 17.0. The minimum absolute atomic E-state index is 0.0533. The number of carbonyl (C=O) groups excluding carboxylic acids is 1. The van der Waals surface area contributed by atoms with Crippen LogP contribution >= 0.6 is 0 Å². The summed E-state index contributed by atoms with van der Waals surface area (Å²) in [7, 11) is 0. The van der Waals surface area contributed by atoms with Crippen LogP contribution in [-0.4, -0.2) is 35.7 Å². The normalized spacial score (nSPS) is 19.8. The van der Waals surface area contributed by atoms with Crippen molar-refractivity contribution in [1.29, 1.82) is 0 Å². The number of para-hydroxylation sites is 1. The number of aliphatic carboxylic acids is 1. The van der Waals surface area contributed by atoms with Crippen LogP contribution in [0.2, 0.25) is 0 Å². The molecule has 1 aromatic carbocycles. The summed E-state index contributed by atoms with van der Waals surface area (Å²) >= 11 is 0. The van der Waals surface area contributed by atoms with Gasteiger partial charge in [0.2, 0.25) is 0 Å². The van der Waals surface area contributed by atoms with Crippen molar-refractivity contribution in [3.8, 4) is 11.7 Å². The Morgan fingerprint density at radius 3 is 2.67 bits per heavy atom. The molecule has 0 spiro atoms. The van der Waals surface area contributed by atoms with Crippen molar-refractivity contribution in [2.45, 2.75) is 18.4 Å². The minimum Gasteiger partial charge on any atom is -0.481 e. The highest BCUT2D eigenvalue weighted by molar-refractivity contribution is 5.92.